The van der Waals surface area contributed by atoms with E-state index in [1.54, 1.807) is 11.8 Å². The summed E-state index contributed by atoms with van der Waals surface area (Å²) < 4.78 is 4.85. The average Bonchev–Trinajstić information content (AvgIpc) is 2.12. The van der Waals surface area contributed by atoms with Crippen LogP contribution in [0, 0.1) is 0 Å². The van der Waals surface area contributed by atoms with Gasteiger partial charge in [-0.2, -0.15) is 0 Å². The van der Waals surface area contributed by atoms with Crippen LogP contribution in [0.25, 0.3) is 0 Å². The van der Waals surface area contributed by atoms with Crippen molar-refractivity contribution >= 4 is 17.7 Å². The zero-order valence-electron chi connectivity index (χ0n) is 7.01. The SMILES string of the molecule is CC(C)(C)SC1=CCOC1=O. The van der Waals surface area contributed by atoms with Crippen LogP contribution in [0.3, 0.4) is 0 Å². The number of thioether (sulfide) groups is 1. The molecule has 0 amide bonds. The molecule has 3 heteroatoms. The highest BCUT2D eigenvalue weighted by Gasteiger charge is 2.23. The van der Waals surface area contributed by atoms with E-state index in [1.165, 1.54) is 0 Å². The van der Waals surface area contributed by atoms with Crippen LogP contribution < -0.4 is 0 Å². The van der Waals surface area contributed by atoms with Gasteiger partial charge in [0.2, 0.25) is 0 Å². The Hall–Kier alpha value is -0.440. The van der Waals surface area contributed by atoms with E-state index in [-0.39, 0.29) is 10.7 Å². The number of esters is 1. The molecule has 0 saturated carbocycles. The van der Waals surface area contributed by atoms with Crippen molar-refractivity contribution in [3.8, 4) is 0 Å². The summed E-state index contributed by atoms with van der Waals surface area (Å²) in [5.41, 5.74) is 0. The summed E-state index contributed by atoms with van der Waals surface area (Å²) in [5.74, 6) is -0.176. The van der Waals surface area contributed by atoms with Crippen molar-refractivity contribution in [1.29, 1.82) is 0 Å². The molecule has 1 rings (SSSR count). The van der Waals surface area contributed by atoms with Crippen LogP contribution in [0.5, 0.6) is 0 Å². The lowest BCUT2D eigenvalue weighted by Gasteiger charge is -2.16. The molecular formula is C8H12O2S. The molecule has 0 N–H and O–H groups in total. The summed E-state index contributed by atoms with van der Waals surface area (Å²) in [6.07, 6.45) is 1.83. The second kappa shape index (κ2) is 2.89. The molecule has 0 aromatic rings. The van der Waals surface area contributed by atoms with Gasteiger partial charge in [0, 0.05) is 4.75 Å². The molecular weight excluding hydrogens is 160 g/mol. The van der Waals surface area contributed by atoms with Crippen molar-refractivity contribution in [2.24, 2.45) is 0 Å². The summed E-state index contributed by atoms with van der Waals surface area (Å²) in [5, 5.41) is 0. The van der Waals surface area contributed by atoms with E-state index in [0.29, 0.717) is 6.61 Å². The Morgan fingerprint density at radius 2 is 2.18 bits per heavy atom. The van der Waals surface area contributed by atoms with Crippen molar-refractivity contribution in [2.45, 2.75) is 25.5 Å². The van der Waals surface area contributed by atoms with E-state index in [2.05, 4.69) is 20.8 Å². The summed E-state index contributed by atoms with van der Waals surface area (Å²) in [6, 6.07) is 0. The van der Waals surface area contributed by atoms with Gasteiger partial charge in [-0.25, -0.2) is 4.79 Å². The molecule has 0 aromatic heterocycles. The van der Waals surface area contributed by atoms with Crippen LogP contribution in [-0.4, -0.2) is 17.3 Å². The molecule has 0 spiro atoms. The average molecular weight is 172 g/mol. The lowest BCUT2D eigenvalue weighted by molar-refractivity contribution is -0.135. The highest BCUT2D eigenvalue weighted by atomic mass is 32.2. The van der Waals surface area contributed by atoms with Crippen LogP contribution >= 0.6 is 11.8 Å². The molecule has 2 nitrogen and oxygen atoms in total. The van der Waals surface area contributed by atoms with E-state index in [1.807, 2.05) is 6.08 Å². The summed E-state index contributed by atoms with van der Waals surface area (Å²) in [7, 11) is 0. The molecule has 0 saturated heterocycles. The predicted molar refractivity (Wildman–Crippen MR) is 46.4 cm³/mol. The normalized spacial score (nSPS) is 18.1. The van der Waals surface area contributed by atoms with Gasteiger partial charge in [-0.1, -0.05) is 20.8 Å². The van der Waals surface area contributed by atoms with Gasteiger partial charge in [0.1, 0.15) is 6.61 Å². The number of ether oxygens (including phenoxy) is 1. The summed E-state index contributed by atoms with van der Waals surface area (Å²) >= 11 is 1.56. The Morgan fingerprint density at radius 1 is 1.55 bits per heavy atom. The Balaban J connectivity index is 2.56. The highest BCUT2D eigenvalue weighted by molar-refractivity contribution is 8.05. The van der Waals surface area contributed by atoms with Crippen molar-refractivity contribution < 1.29 is 9.53 Å². The van der Waals surface area contributed by atoms with Crippen molar-refractivity contribution in [3.05, 3.63) is 11.0 Å². The van der Waals surface area contributed by atoms with Gasteiger partial charge in [0.25, 0.3) is 0 Å². The van der Waals surface area contributed by atoms with Crippen LogP contribution in [0.4, 0.5) is 0 Å². The fourth-order valence-corrected chi connectivity index (χ4v) is 1.71. The molecule has 11 heavy (non-hydrogen) atoms. The first-order valence-electron chi connectivity index (χ1n) is 3.55. The lowest BCUT2D eigenvalue weighted by atomic mass is 10.3. The van der Waals surface area contributed by atoms with Crippen molar-refractivity contribution in [1.82, 2.24) is 0 Å². The third-order valence-electron chi connectivity index (χ3n) is 1.10. The van der Waals surface area contributed by atoms with Crippen molar-refractivity contribution in [2.75, 3.05) is 6.61 Å². The van der Waals surface area contributed by atoms with Crippen LogP contribution in [0.15, 0.2) is 11.0 Å². The Morgan fingerprint density at radius 3 is 2.55 bits per heavy atom. The molecule has 1 aliphatic rings. The van der Waals surface area contributed by atoms with Gasteiger partial charge in [-0.05, 0) is 6.08 Å². The molecule has 0 atom stereocenters. The van der Waals surface area contributed by atoms with Crippen LogP contribution in [0.2, 0.25) is 0 Å². The molecule has 0 fully saturated rings. The smallest absolute Gasteiger partial charge is 0.344 e. The quantitative estimate of drug-likeness (QED) is 0.565. The standard InChI is InChI=1S/C8H12O2S/c1-8(2,3)11-6-4-5-10-7(6)9/h4H,5H2,1-3H3. The first-order valence-corrected chi connectivity index (χ1v) is 4.37. The van der Waals surface area contributed by atoms with Gasteiger partial charge < -0.3 is 4.74 Å². The largest absolute Gasteiger partial charge is 0.457 e. The Bertz CT molecular complexity index is 201. The molecule has 0 bridgehead atoms. The number of carbonyl (C=O) groups excluding carboxylic acids is 1. The summed E-state index contributed by atoms with van der Waals surface area (Å²) in [4.78, 5) is 11.7. The van der Waals surface area contributed by atoms with E-state index >= 15 is 0 Å². The minimum atomic E-state index is -0.176. The van der Waals surface area contributed by atoms with Crippen LogP contribution in [0.1, 0.15) is 20.8 Å². The van der Waals surface area contributed by atoms with Crippen LogP contribution in [-0.2, 0) is 9.53 Å². The first-order chi connectivity index (χ1) is 4.99. The molecule has 0 aliphatic carbocycles. The minimum absolute atomic E-state index is 0.0925. The zero-order valence-corrected chi connectivity index (χ0v) is 7.83. The maximum absolute atomic E-state index is 10.9. The number of hydrogen-bond donors (Lipinski definition) is 0. The lowest BCUT2D eigenvalue weighted by Crippen LogP contribution is -2.10. The molecule has 1 aliphatic heterocycles. The Labute approximate surface area is 71.0 Å². The van der Waals surface area contributed by atoms with E-state index in [0.717, 1.165) is 4.91 Å². The monoisotopic (exact) mass is 172 g/mol. The highest BCUT2D eigenvalue weighted by Crippen LogP contribution is 2.33. The minimum Gasteiger partial charge on any atom is -0.457 e. The van der Waals surface area contributed by atoms with Gasteiger partial charge in [0.05, 0.1) is 4.91 Å². The number of carbonyl (C=O) groups is 1. The van der Waals surface area contributed by atoms with Gasteiger partial charge in [0.15, 0.2) is 0 Å². The van der Waals surface area contributed by atoms with E-state index in [4.69, 9.17) is 4.74 Å². The first kappa shape index (κ1) is 8.65. The maximum atomic E-state index is 10.9. The van der Waals surface area contributed by atoms with E-state index in [9.17, 15) is 4.79 Å². The van der Waals surface area contributed by atoms with Crippen molar-refractivity contribution in [3.63, 3.8) is 0 Å². The molecule has 0 unspecified atom stereocenters. The van der Waals surface area contributed by atoms with Gasteiger partial charge in [-0.15, -0.1) is 11.8 Å². The van der Waals surface area contributed by atoms with Gasteiger partial charge >= 0.3 is 5.97 Å². The third-order valence-corrected chi connectivity index (χ3v) is 2.27. The molecule has 0 aromatic carbocycles. The topological polar surface area (TPSA) is 26.3 Å². The number of hydrogen-bond acceptors (Lipinski definition) is 3. The fraction of sp³-hybridized carbons (Fsp3) is 0.625. The number of rotatable bonds is 1. The third kappa shape index (κ3) is 2.58. The Kier molecular flexibility index (Phi) is 2.28. The van der Waals surface area contributed by atoms with Gasteiger partial charge in [-0.3, -0.25) is 0 Å². The molecule has 1 heterocycles. The van der Waals surface area contributed by atoms with E-state index < -0.39 is 0 Å². The maximum Gasteiger partial charge on any atom is 0.344 e. The second-order valence-electron chi connectivity index (χ2n) is 3.38. The predicted octanol–water partition coefficient (Wildman–Crippen LogP) is 1.96. The fourth-order valence-electron chi connectivity index (χ4n) is 0.761. The molecule has 0 radical (unpaired) electrons. The number of cyclic esters (lactones) is 1. The molecule has 62 valence electrons. The zero-order chi connectivity index (χ0) is 8.48. The summed E-state index contributed by atoms with van der Waals surface area (Å²) in [6.45, 7) is 6.66. The second-order valence-corrected chi connectivity index (χ2v) is 5.25.